The third-order valence-electron chi connectivity index (χ3n) is 3.18. The molecule has 0 unspecified atom stereocenters. The van der Waals surface area contributed by atoms with Crippen LogP contribution in [0, 0.1) is 0 Å². The van der Waals surface area contributed by atoms with Crippen LogP contribution >= 0.6 is 27.5 Å². The Morgan fingerprint density at radius 3 is 2.76 bits per heavy atom. The molecule has 4 nitrogen and oxygen atoms in total. The van der Waals surface area contributed by atoms with Gasteiger partial charge in [-0.25, -0.2) is 15.0 Å². The van der Waals surface area contributed by atoms with Gasteiger partial charge in [-0.15, -0.1) is 0 Å². The Bertz CT molecular complexity index is 751. The second-order valence-corrected chi connectivity index (χ2v) is 5.97. The van der Waals surface area contributed by atoms with E-state index in [0.29, 0.717) is 17.4 Å². The van der Waals surface area contributed by atoms with Crippen molar-refractivity contribution in [1.29, 1.82) is 0 Å². The van der Waals surface area contributed by atoms with E-state index in [0.717, 1.165) is 39.9 Å². The third-order valence-corrected chi connectivity index (χ3v) is 4.51. The zero-order chi connectivity index (χ0) is 14.8. The number of H-pyrrole nitrogens is 1. The van der Waals surface area contributed by atoms with E-state index in [1.165, 1.54) is 0 Å². The molecule has 0 saturated carbocycles. The summed E-state index contributed by atoms with van der Waals surface area (Å²) >= 11 is 9.62. The van der Waals surface area contributed by atoms with Crippen LogP contribution in [0.3, 0.4) is 0 Å². The number of imidazole rings is 1. The number of rotatable bonds is 4. The Hall–Kier alpha value is -1.46. The van der Waals surface area contributed by atoms with E-state index >= 15 is 0 Å². The van der Waals surface area contributed by atoms with Crippen molar-refractivity contribution in [3.8, 4) is 0 Å². The lowest BCUT2D eigenvalue weighted by molar-refractivity contribution is 0.824. The Morgan fingerprint density at radius 1 is 1.19 bits per heavy atom. The first-order valence-electron chi connectivity index (χ1n) is 6.81. The van der Waals surface area contributed by atoms with Crippen LogP contribution in [0.1, 0.15) is 30.7 Å². The molecule has 0 atom stereocenters. The maximum atomic E-state index is 6.17. The molecule has 3 rings (SSSR count). The highest BCUT2D eigenvalue weighted by atomic mass is 79.9. The number of hydrogen-bond donors (Lipinski definition) is 1. The van der Waals surface area contributed by atoms with Gasteiger partial charge in [0.05, 0.1) is 27.6 Å². The number of para-hydroxylation sites is 2. The molecule has 0 aliphatic carbocycles. The largest absolute Gasteiger partial charge is 0.342 e. The molecular weight excluding hydrogens is 352 g/mol. The summed E-state index contributed by atoms with van der Waals surface area (Å²) in [5.74, 6) is 1.53. The standard InChI is InChI=1S/C15H14BrClN4/c1-2-5-11-14(16)15(17)21-13(20-11)8-12-18-9-6-3-4-7-10(9)19-12/h3-4,6-7H,2,5,8H2,1H3,(H,18,19). The summed E-state index contributed by atoms with van der Waals surface area (Å²) in [5.41, 5.74) is 2.91. The number of aromatic amines is 1. The van der Waals surface area contributed by atoms with Crippen molar-refractivity contribution in [3.05, 3.63) is 51.2 Å². The third kappa shape index (κ3) is 3.09. The van der Waals surface area contributed by atoms with Crippen molar-refractivity contribution in [2.75, 3.05) is 0 Å². The van der Waals surface area contributed by atoms with E-state index in [1.807, 2.05) is 24.3 Å². The highest BCUT2D eigenvalue weighted by Gasteiger charge is 2.12. The SMILES string of the molecule is CCCc1nc(Cc2nc3ccccc3[nH]2)nc(Cl)c1Br. The predicted molar refractivity (Wildman–Crippen MR) is 87.6 cm³/mol. The van der Waals surface area contributed by atoms with E-state index in [1.54, 1.807) is 0 Å². The number of benzene rings is 1. The van der Waals surface area contributed by atoms with Crippen LogP contribution in [0.25, 0.3) is 11.0 Å². The molecule has 108 valence electrons. The molecule has 0 fully saturated rings. The molecule has 21 heavy (non-hydrogen) atoms. The van der Waals surface area contributed by atoms with Gasteiger partial charge >= 0.3 is 0 Å². The minimum Gasteiger partial charge on any atom is -0.342 e. The van der Waals surface area contributed by atoms with Gasteiger partial charge in [0.15, 0.2) is 0 Å². The van der Waals surface area contributed by atoms with Crippen molar-refractivity contribution in [2.24, 2.45) is 0 Å². The maximum absolute atomic E-state index is 6.17. The van der Waals surface area contributed by atoms with Crippen LogP contribution in [0.4, 0.5) is 0 Å². The lowest BCUT2D eigenvalue weighted by Crippen LogP contribution is -2.03. The molecule has 0 spiro atoms. The molecule has 0 saturated heterocycles. The van der Waals surface area contributed by atoms with E-state index in [9.17, 15) is 0 Å². The number of nitrogens with one attached hydrogen (secondary N) is 1. The van der Waals surface area contributed by atoms with Gasteiger partial charge in [0, 0.05) is 0 Å². The van der Waals surface area contributed by atoms with E-state index in [4.69, 9.17) is 11.6 Å². The highest BCUT2D eigenvalue weighted by Crippen LogP contribution is 2.25. The van der Waals surface area contributed by atoms with Crippen LogP contribution in [-0.4, -0.2) is 19.9 Å². The molecule has 0 aliphatic heterocycles. The fraction of sp³-hybridized carbons (Fsp3) is 0.267. The van der Waals surface area contributed by atoms with Crippen LogP contribution in [0.5, 0.6) is 0 Å². The van der Waals surface area contributed by atoms with Gasteiger partial charge in [0.1, 0.15) is 16.8 Å². The molecule has 3 aromatic rings. The predicted octanol–water partition coefficient (Wildman–Crippen LogP) is 4.31. The van der Waals surface area contributed by atoms with Crippen molar-refractivity contribution >= 4 is 38.6 Å². The molecule has 0 bridgehead atoms. The molecule has 2 heterocycles. The monoisotopic (exact) mass is 364 g/mol. The van der Waals surface area contributed by atoms with Crippen LogP contribution in [-0.2, 0) is 12.8 Å². The molecule has 0 amide bonds. The quantitative estimate of drug-likeness (QED) is 0.701. The number of aromatic nitrogens is 4. The van der Waals surface area contributed by atoms with Gasteiger partial charge in [-0.2, -0.15) is 0 Å². The summed E-state index contributed by atoms with van der Waals surface area (Å²) in [6.45, 7) is 2.11. The summed E-state index contributed by atoms with van der Waals surface area (Å²) < 4.78 is 0.791. The van der Waals surface area contributed by atoms with Gasteiger partial charge in [0.2, 0.25) is 0 Å². The summed E-state index contributed by atoms with van der Waals surface area (Å²) in [7, 11) is 0. The molecule has 2 aromatic heterocycles. The molecule has 0 radical (unpaired) electrons. The first kappa shape index (κ1) is 14.5. The van der Waals surface area contributed by atoms with Crippen molar-refractivity contribution in [1.82, 2.24) is 19.9 Å². The van der Waals surface area contributed by atoms with E-state index in [2.05, 4.69) is 42.8 Å². The van der Waals surface area contributed by atoms with E-state index in [-0.39, 0.29) is 0 Å². The minimum atomic E-state index is 0.458. The Morgan fingerprint density at radius 2 is 2.00 bits per heavy atom. The fourth-order valence-electron chi connectivity index (χ4n) is 2.23. The lowest BCUT2D eigenvalue weighted by Gasteiger charge is -2.06. The van der Waals surface area contributed by atoms with E-state index < -0.39 is 0 Å². The average molecular weight is 366 g/mol. The van der Waals surface area contributed by atoms with Crippen LogP contribution in [0.2, 0.25) is 5.15 Å². The normalized spacial score (nSPS) is 11.2. The smallest absolute Gasteiger partial charge is 0.147 e. The fourth-order valence-corrected chi connectivity index (χ4v) is 2.81. The number of halogens is 2. The topological polar surface area (TPSA) is 54.5 Å². The first-order valence-corrected chi connectivity index (χ1v) is 7.99. The summed E-state index contributed by atoms with van der Waals surface area (Å²) in [6, 6.07) is 7.94. The van der Waals surface area contributed by atoms with Gasteiger partial charge in [0.25, 0.3) is 0 Å². The number of fused-ring (bicyclic) bond motifs is 1. The average Bonchev–Trinajstić information content (AvgIpc) is 2.86. The summed E-state index contributed by atoms with van der Waals surface area (Å²) in [4.78, 5) is 16.7. The van der Waals surface area contributed by atoms with Crippen LogP contribution in [0.15, 0.2) is 28.7 Å². The molecule has 6 heteroatoms. The number of nitrogens with zero attached hydrogens (tertiary/aromatic N) is 3. The van der Waals surface area contributed by atoms with Crippen molar-refractivity contribution < 1.29 is 0 Å². The van der Waals surface area contributed by atoms with Crippen LogP contribution < -0.4 is 0 Å². The van der Waals surface area contributed by atoms with Gasteiger partial charge in [-0.05, 0) is 34.5 Å². The zero-order valence-corrected chi connectivity index (χ0v) is 13.9. The second-order valence-electron chi connectivity index (χ2n) is 4.82. The Labute approximate surface area is 136 Å². The number of aryl methyl sites for hydroxylation is 1. The van der Waals surface area contributed by atoms with Gasteiger partial charge < -0.3 is 4.98 Å². The van der Waals surface area contributed by atoms with Gasteiger partial charge in [-0.1, -0.05) is 37.1 Å². The van der Waals surface area contributed by atoms with Crippen molar-refractivity contribution in [2.45, 2.75) is 26.2 Å². The summed E-state index contributed by atoms with van der Waals surface area (Å²) in [6.07, 6.45) is 2.42. The second kappa shape index (κ2) is 6.12. The molecular formula is C15H14BrClN4. The van der Waals surface area contributed by atoms with Gasteiger partial charge in [-0.3, -0.25) is 0 Å². The highest BCUT2D eigenvalue weighted by molar-refractivity contribution is 9.10. The Balaban J connectivity index is 1.93. The lowest BCUT2D eigenvalue weighted by atomic mass is 10.2. The maximum Gasteiger partial charge on any atom is 0.147 e. The molecule has 0 aliphatic rings. The summed E-state index contributed by atoms with van der Waals surface area (Å²) in [5, 5.41) is 0.458. The van der Waals surface area contributed by atoms with Crippen molar-refractivity contribution in [3.63, 3.8) is 0 Å². The first-order chi connectivity index (χ1) is 10.2. The minimum absolute atomic E-state index is 0.458. The molecule has 1 N–H and O–H groups in total. The number of hydrogen-bond acceptors (Lipinski definition) is 3. The zero-order valence-electron chi connectivity index (χ0n) is 11.5. The Kier molecular flexibility index (Phi) is 4.22. The molecule has 1 aromatic carbocycles.